The van der Waals surface area contributed by atoms with Crippen molar-refractivity contribution in [2.75, 3.05) is 0 Å². The molecule has 0 bridgehead atoms. The summed E-state index contributed by atoms with van der Waals surface area (Å²) in [5.41, 5.74) is 14.6. The van der Waals surface area contributed by atoms with Gasteiger partial charge in [0.25, 0.3) is 0 Å². The van der Waals surface area contributed by atoms with Crippen molar-refractivity contribution in [3.05, 3.63) is 93.5 Å². The second-order valence-electron chi connectivity index (χ2n) is 7.77. The molecule has 1 N–H and O–H groups in total. The summed E-state index contributed by atoms with van der Waals surface area (Å²) in [5, 5.41) is 0. The Hall–Kier alpha value is -2.42. The summed E-state index contributed by atoms with van der Waals surface area (Å²) in [7, 11) is 0. The van der Waals surface area contributed by atoms with Gasteiger partial charge in [0.2, 0.25) is 5.72 Å². The number of hydroxylamine groups is 1. The number of nitrogens with one attached hydrogen (secondary N) is 1. The largest absolute Gasteiger partial charge is 0.264 e. The molecule has 0 radical (unpaired) electrons. The van der Waals surface area contributed by atoms with E-state index >= 15 is 0 Å². The summed E-state index contributed by atoms with van der Waals surface area (Å²) < 4.78 is 0. The minimum atomic E-state index is -0.432. The van der Waals surface area contributed by atoms with Crippen molar-refractivity contribution in [2.45, 2.75) is 39.3 Å². The monoisotopic (exact) mass is 341 g/mol. The van der Waals surface area contributed by atoms with Crippen LogP contribution in [0.25, 0.3) is 11.1 Å². The highest BCUT2D eigenvalue weighted by atomic mass is 16.8. The van der Waals surface area contributed by atoms with Crippen molar-refractivity contribution in [1.82, 2.24) is 5.48 Å². The number of benzene rings is 3. The van der Waals surface area contributed by atoms with Gasteiger partial charge in [-0.05, 0) is 60.2 Å². The Bertz CT molecular complexity index is 1020. The van der Waals surface area contributed by atoms with E-state index in [2.05, 4.69) is 87.8 Å². The van der Waals surface area contributed by atoms with E-state index in [1.807, 2.05) is 0 Å². The summed E-state index contributed by atoms with van der Waals surface area (Å²) in [5.74, 6) is 0.348. The van der Waals surface area contributed by atoms with Crippen LogP contribution in [0.2, 0.25) is 0 Å². The van der Waals surface area contributed by atoms with E-state index in [4.69, 9.17) is 4.84 Å². The van der Waals surface area contributed by atoms with Crippen molar-refractivity contribution >= 4 is 0 Å². The molecule has 2 heteroatoms. The molecule has 1 aliphatic carbocycles. The first kappa shape index (κ1) is 15.8. The first-order chi connectivity index (χ1) is 12.5. The third kappa shape index (κ3) is 2.06. The molecular formula is C24H23NO. The lowest BCUT2D eigenvalue weighted by Crippen LogP contribution is -2.11. The van der Waals surface area contributed by atoms with Gasteiger partial charge in [-0.15, -0.1) is 0 Å². The normalized spacial score (nSPS) is 20.8. The lowest BCUT2D eigenvalue weighted by Gasteiger charge is -2.20. The first-order valence-electron chi connectivity index (χ1n) is 9.28. The summed E-state index contributed by atoms with van der Waals surface area (Å²) in [4.78, 5) is 5.76. The molecular weight excluding hydrogens is 318 g/mol. The molecule has 2 nitrogen and oxygen atoms in total. The van der Waals surface area contributed by atoms with Crippen LogP contribution < -0.4 is 5.48 Å². The van der Waals surface area contributed by atoms with Crippen LogP contribution in [0.3, 0.4) is 0 Å². The Morgan fingerprint density at radius 3 is 2.19 bits per heavy atom. The van der Waals surface area contributed by atoms with Crippen LogP contribution in [0.5, 0.6) is 0 Å². The Morgan fingerprint density at radius 1 is 0.846 bits per heavy atom. The van der Waals surface area contributed by atoms with E-state index in [-0.39, 0.29) is 0 Å². The standard InChI is InChI=1S/C24H23NO/c1-14-11-15(2)23(16(3)12-14)17(4)18-9-10-20-19-7-5-6-8-21(19)24(25-26-24)22(20)13-18/h5-13,17,25H,1-4H3. The zero-order valence-electron chi connectivity index (χ0n) is 15.7. The average molecular weight is 341 g/mol. The maximum atomic E-state index is 5.76. The Kier molecular flexibility index (Phi) is 3.22. The van der Waals surface area contributed by atoms with Gasteiger partial charge in [-0.25, -0.2) is 0 Å². The molecule has 130 valence electrons. The van der Waals surface area contributed by atoms with E-state index in [9.17, 15) is 0 Å². The fourth-order valence-corrected chi connectivity index (χ4v) is 4.84. The Labute approximate surface area is 154 Å². The van der Waals surface area contributed by atoms with Crippen LogP contribution >= 0.6 is 0 Å². The molecule has 26 heavy (non-hydrogen) atoms. The number of aryl methyl sites for hydroxylation is 3. The highest BCUT2D eigenvalue weighted by Gasteiger charge is 2.55. The van der Waals surface area contributed by atoms with E-state index in [1.54, 1.807) is 0 Å². The van der Waals surface area contributed by atoms with Crippen LogP contribution in [0.4, 0.5) is 0 Å². The maximum Gasteiger partial charge on any atom is 0.214 e. The predicted molar refractivity (Wildman–Crippen MR) is 105 cm³/mol. The van der Waals surface area contributed by atoms with Crippen LogP contribution in [0.1, 0.15) is 51.8 Å². The van der Waals surface area contributed by atoms with E-state index in [1.165, 1.54) is 50.1 Å². The molecule has 5 rings (SSSR count). The van der Waals surface area contributed by atoms with Gasteiger partial charge in [0.05, 0.1) is 0 Å². The summed E-state index contributed by atoms with van der Waals surface area (Å²) in [6.07, 6.45) is 0. The second kappa shape index (κ2) is 5.29. The third-order valence-electron chi connectivity index (χ3n) is 6.00. The second-order valence-corrected chi connectivity index (χ2v) is 7.77. The zero-order valence-corrected chi connectivity index (χ0v) is 15.7. The molecule has 0 aromatic heterocycles. The minimum Gasteiger partial charge on any atom is -0.264 e. The molecule has 1 fully saturated rings. The molecule has 3 aromatic rings. The lowest BCUT2D eigenvalue weighted by atomic mass is 9.84. The van der Waals surface area contributed by atoms with Gasteiger partial charge in [-0.2, -0.15) is 5.48 Å². The van der Waals surface area contributed by atoms with Gasteiger partial charge in [-0.3, -0.25) is 4.84 Å². The highest BCUT2D eigenvalue weighted by Crippen LogP contribution is 2.54. The van der Waals surface area contributed by atoms with Crippen molar-refractivity contribution < 1.29 is 4.84 Å². The fourth-order valence-electron chi connectivity index (χ4n) is 4.84. The number of hydrogen-bond donors (Lipinski definition) is 1. The minimum absolute atomic E-state index is 0.348. The van der Waals surface area contributed by atoms with Gasteiger partial charge in [0.15, 0.2) is 0 Å². The number of rotatable bonds is 2. The molecule has 1 aliphatic heterocycles. The molecule has 0 amide bonds. The molecule has 2 atom stereocenters. The van der Waals surface area contributed by atoms with Crippen LogP contribution in [-0.4, -0.2) is 0 Å². The number of fused-ring (bicyclic) bond motifs is 5. The van der Waals surface area contributed by atoms with Gasteiger partial charge in [-0.1, -0.05) is 61.0 Å². The Morgan fingerprint density at radius 2 is 1.50 bits per heavy atom. The maximum absolute atomic E-state index is 5.76. The van der Waals surface area contributed by atoms with Gasteiger partial charge in [0.1, 0.15) is 0 Å². The zero-order chi connectivity index (χ0) is 18.1. The van der Waals surface area contributed by atoms with Crippen LogP contribution in [0.15, 0.2) is 54.6 Å². The van der Waals surface area contributed by atoms with Gasteiger partial charge >= 0.3 is 0 Å². The molecule has 3 aromatic carbocycles. The summed E-state index contributed by atoms with van der Waals surface area (Å²) >= 11 is 0. The summed E-state index contributed by atoms with van der Waals surface area (Å²) in [6, 6.07) is 20.0. The van der Waals surface area contributed by atoms with Crippen LogP contribution in [0, 0.1) is 20.8 Å². The van der Waals surface area contributed by atoms with Gasteiger partial charge < -0.3 is 0 Å². The van der Waals surface area contributed by atoms with E-state index < -0.39 is 5.72 Å². The average Bonchev–Trinajstić information content (AvgIpc) is 3.36. The SMILES string of the molecule is Cc1cc(C)c(C(C)c2ccc3c(c2)C2(NO2)c2ccccc2-3)c(C)c1. The fraction of sp³-hybridized carbons (Fsp3) is 0.250. The van der Waals surface area contributed by atoms with Crippen molar-refractivity contribution in [3.63, 3.8) is 0 Å². The smallest absolute Gasteiger partial charge is 0.214 e. The van der Waals surface area contributed by atoms with Crippen LogP contribution in [-0.2, 0) is 10.6 Å². The molecule has 0 saturated carbocycles. The topological polar surface area (TPSA) is 34.5 Å². The molecule has 1 heterocycles. The highest BCUT2D eigenvalue weighted by molar-refractivity contribution is 5.81. The summed E-state index contributed by atoms with van der Waals surface area (Å²) in [6.45, 7) is 8.92. The van der Waals surface area contributed by atoms with Crippen molar-refractivity contribution in [3.8, 4) is 11.1 Å². The van der Waals surface area contributed by atoms with Crippen molar-refractivity contribution in [1.29, 1.82) is 0 Å². The lowest BCUT2D eigenvalue weighted by molar-refractivity contribution is 0.330. The molecule has 2 aliphatic rings. The molecule has 1 spiro atoms. The van der Waals surface area contributed by atoms with Gasteiger partial charge in [0, 0.05) is 17.0 Å². The molecule has 1 saturated heterocycles. The molecule has 2 unspecified atom stereocenters. The van der Waals surface area contributed by atoms with E-state index in [0.29, 0.717) is 5.92 Å². The Balaban J connectivity index is 1.63. The predicted octanol–water partition coefficient (Wildman–Crippen LogP) is 5.48. The third-order valence-corrected chi connectivity index (χ3v) is 6.00. The number of hydrogen-bond acceptors (Lipinski definition) is 2. The van der Waals surface area contributed by atoms with E-state index in [0.717, 1.165) is 0 Å². The quantitative estimate of drug-likeness (QED) is 0.626. The van der Waals surface area contributed by atoms with Crippen molar-refractivity contribution in [2.24, 2.45) is 0 Å². The first-order valence-corrected chi connectivity index (χ1v) is 9.28.